The van der Waals surface area contributed by atoms with Crippen LogP contribution in [0.3, 0.4) is 0 Å². The van der Waals surface area contributed by atoms with Crippen molar-refractivity contribution in [2.75, 3.05) is 13.1 Å². The maximum atomic E-state index is 12.1. The van der Waals surface area contributed by atoms with Crippen molar-refractivity contribution in [1.29, 1.82) is 0 Å². The van der Waals surface area contributed by atoms with Crippen molar-refractivity contribution in [2.24, 2.45) is 11.8 Å². The lowest BCUT2D eigenvalue weighted by atomic mass is 9.98. The van der Waals surface area contributed by atoms with Crippen LogP contribution in [0.25, 0.3) is 0 Å². The number of nitrogens with zero attached hydrogens (tertiary/aromatic N) is 3. The standard InChI is InChI=1S/C18H30N4O2/c1-5-22-14(8-9-19-22)11-21-10-13-6-7-16(15(13)12-21)20-17(23)24-18(2,3)4/h8-9,13,15-16H,5-7,10-12H2,1-4H3,(H,20,23). The van der Waals surface area contributed by atoms with Gasteiger partial charge in [-0.1, -0.05) is 0 Å². The first-order valence-corrected chi connectivity index (χ1v) is 9.08. The summed E-state index contributed by atoms with van der Waals surface area (Å²) in [5.74, 6) is 1.22. The fraction of sp³-hybridized carbons (Fsp3) is 0.778. The van der Waals surface area contributed by atoms with E-state index in [1.807, 2.05) is 27.0 Å². The Bertz CT molecular complexity index is 578. The Kier molecular flexibility index (Phi) is 4.85. The summed E-state index contributed by atoms with van der Waals surface area (Å²) in [6.07, 6.45) is 3.85. The maximum Gasteiger partial charge on any atom is 0.407 e. The quantitative estimate of drug-likeness (QED) is 0.919. The molecule has 2 aliphatic rings. The van der Waals surface area contributed by atoms with Gasteiger partial charge in [0.05, 0.1) is 5.69 Å². The van der Waals surface area contributed by atoms with Crippen molar-refractivity contribution in [3.63, 3.8) is 0 Å². The Balaban J connectivity index is 1.55. The molecule has 1 N–H and O–H groups in total. The third-order valence-electron chi connectivity index (χ3n) is 5.12. The van der Waals surface area contributed by atoms with Crippen molar-refractivity contribution in [3.8, 4) is 0 Å². The summed E-state index contributed by atoms with van der Waals surface area (Å²) >= 11 is 0. The average molecular weight is 334 g/mol. The Morgan fingerprint density at radius 3 is 2.88 bits per heavy atom. The zero-order valence-corrected chi connectivity index (χ0v) is 15.3. The number of rotatable bonds is 4. The first-order chi connectivity index (χ1) is 11.4. The SMILES string of the molecule is CCn1nccc1CN1CC2CCC(NC(=O)OC(C)(C)C)C2C1. The van der Waals surface area contributed by atoms with E-state index >= 15 is 0 Å². The first kappa shape index (κ1) is 17.3. The van der Waals surface area contributed by atoms with Gasteiger partial charge in [-0.15, -0.1) is 0 Å². The highest BCUT2D eigenvalue weighted by Gasteiger charge is 2.43. The van der Waals surface area contributed by atoms with E-state index in [0.29, 0.717) is 11.8 Å². The van der Waals surface area contributed by atoms with E-state index < -0.39 is 5.60 Å². The average Bonchev–Trinajstić information content (AvgIpc) is 3.15. The number of alkyl carbamates (subject to hydrolysis) is 1. The van der Waals surface area contributed by atoms with E-state index in [1.165, 1.54) is 12.1 Å². The van der Waals surface area contributed by atoms with Gasteiger partial charge in [0.25, 0.3) is 0 Å². The van der Waals surface area contributed by atoms with Crippen LogP contribution in [-0.2, 0) is 17.8 Å². The van der Waals surface area contributed by atoms with Crippen molar-refractivity contribution >= 4 is 6.09 Å². The van der Waals surface area contributed by atoms with Gasteiger partial charge in [0, 0.05) is 38.4 Å². The first-order valence-electron chi connectivity index (χ1n) is 9.08. The van der Waals surface area contributed by atoms with Gasteiger partial charge in [0.15, 0.2) is 0 Å². The van der Waals surface area contributed by atoms with Crippen LogP contribution in [0, 0.1) is 11.8 Å². The molecule has 3 unspecified atom stereocenters. The smallest absolute Gasteiger partial charge is 0.407 e. The third kappa shape index (κ3) is 3.91. The molecule has 0 bridgehead atoms. The molecule has 0 radical (unpaired) electrons. The van der Waals surface area contributed by atoms with E-state index in [0.717, 1.165) is 32.6 Å². The molecule has 1 amide bonds. The van der Waals surface area contributed by atoms with Crippen LogP contribution in [0.5, 0.6) is 0 Å². The van der Waals surface area contributed by atoms with Gasteiger partial charge in [-0.25, -0.2) is 4.79 Å². The molecule has 1 saturated heterocycles. The van der Waals surface area contributed by atoms with Gasteiger partial charge in [-0.05, 0) is 58.4 Å². The van der Waals surface area contributed by atoms with Crippen LogP contribution in [0.2, 0.25) is 0 Å². The van der Waals surface area contributed by atoms with Gasteiger partial charge in [0.1, 0.15) is 5.60 Å². The molecule has 1 aliphatic carbocycles. The Morgan fingerprint density at radius 1 is 1.38 bits per heavy atom. The van der Waals surface area contributed by atoms with Crippen LogP contribution < -0.4 is 5.32 Å². The molecule has 2 heterocycles. The summed E-state index contributed by atoms with van der Waals surface area (Å²) in [4.78, 5) is 14.6. The van der Waals surface area contributed by atoms with Crippen LogP contribution in [-0.4, -0.2) is 45.5 Å². The van der Waals surface area contributed by atoms with Gasteiger partial charge in [-0.2, -0.15) is 5.10 Å². The monoisotopic (exact) mass is 334 g/mol. The maximum absolute atomic E-state index is 12.1. The van der Waals surface area contributed by atoms with Gasteiger partial charge in [-0.3, -0.25) is 9.58 Å². The summed E-state index contributed by atoms with van der Waals surface area (Å²) in [6, 6.07) is 2.35. The van der Waals surface area contributed by atoms with Crippen LogP contribution in [0.1, 0.15) is 46.2 Å². The summed E-state index contributed by atoms with van der Waals surface area (Å²) in [5.41, 5.74) is 0.830. The number of hydrogen-bond acceptors (Lipinski definition) is 4. The van der Waals surface area contributed by atoms with E-state index in [9.17, 15) is 4.79 Å². The van der Waals surface area contributed by atoms with Crippen molar-refractivity contribution in [2.45, 2.75) is 65.3 Å². The molecule has 6 heteroatoms. The largest absolute Gasteiger partial charge is 0.444 e. The fourth-order valence-electron chi connectivity index (χ4n) is 4.13. The molecule has 2 fully saturated rings. The molecule has 0 aromatic carbocycles. The number of carbonyl (C=O) groups excluding carboxylic acids is 1. The number of nitrogens with one attached hydrogen (secondary N) is 1. The molecule has 1 aromatic heterocycles. The molecule has 1 aromatic rings. The Labute approximate surface area is 144 Å². The summed E-state index contributed by atoms with van der Waals surface area (Å²) in [5, 5.41) is 7.46. The fourth-order valence-corrected chi connectivity index (χ4v) is 4.13. The highest BCUT2D eigenvalue weighted by atomic mass is 16.6. The molecule has 0 spiro atoms. The van der Waals surface area contributed by atoms with E-state index in [-0.39, 0.29) is 12.1 Å². The molecule has 24 heavy (non-hydrogen) atoms. The Hall–Kier alpha value is -1.56. The number of hydrogen-bond donors (Lipinski definition) is 1. The van der Waals surface area contributed by atoms with E-state index in [1.54, 1.807) is 0 Å². The second-order valence-electron chi connectivity index (χ2n) is 8.09. The van der Waals surface area contributed by atoms with E-state index in [4.69, 9.17) is 4.74 Å². The number of aromatic nitrogens is 2. The predicted octanol–water partition coefficient (Wildman–Crippen LogP) is 2.64. The molecule has 1 aliphatic heterocycles. The lowest BCUT2D eigenvalue weighted by Gasteiger charge is -2.25. The highest BCUT2D eigenvalue weighted by Crippen LogP contribution is 2.38. The lowest BCUT2D eigenvalue weighted by Crippen LogP contribution is -2.42. The molecule has 134 valence electrons. The normalized spacial score (nSPS) is 27.2. The molecular formula is C18H30N4O2. The number of amides is 1. The second kappa shape index (κ2) is 6.75. The molecular weight excluding hydrogens is 304 g/mol. The zero-order valence-electron chi connectivity index (χ0n) is 15.3. The van der Waals surface area contributed by atoms with Crippen LogP contribution in [0.15, 0.2) is 12.3 Å². The van der Waals surface area contributed by atoms with Crippen LogP contribution in [0.4, 0.5) is 4.79 Å². The highest BCUT2D eigenvalue weighted by molar-refractivity contribution is 5.68. The zero-order chi connectivity index (χ0) is 17.3. The summed E-state index contributed by atoms with van der Waals surface area (Å²) < 4.78 is 7.48. The van der Waals surface area contributed by atoms with Crippen molar-refractivity contribution < 1.29 is 9.53 Å². The predicted molar refractivity (Wildman–Crippen MR) is 92.5 cm³/mol. The van der Waals surface area contributed by atoms with Gasteiger partial charge >= 0.3 is 6.09 Å². The minimum atomic E-state index is -0.442. The van der Waals surface area contributed by atoms with Crippen LogP contribution >= 0.6 is 0 Å². The molecule has 1 saturated carbocycles. The van der Waals surface area contributed by atoms with Gasteiger partial charge < -0.3 is 10.1 Å². The number of carbonyl (C=O) groups is 1. The lowest BCUT2D eigenvalue weighted by molar-refractivity contribution is 0.0491. The van der Waals surface area contributed by atoms with Crippen molar-refractivity contribution in [1.82, 2.24) is 20.0 Å². The minimum Gasteiger partial charge on any atom is -0.444 e. The molecule has 6 nitrogen and oxygen atoms in total. The summed E-state index contributed by atoms with van der Waals surface area (Å²) in [7, 11) is 0. The number of ether oxygens (including phenoxy) is 1. The Morgan fingerprint density at radius 2 is 2.17 bits per heavy atom. The number of fused-ring (bicyclic) bond motifs is 1. The van der Waals surface area contributed by atoms with E-state index in [2.05, 4.69) is 33.0 Å². The number of aryl methyl sites for hydroxylation is 1. The second-order valence-corrected chi connectivity index (χ2v) is 8.09. The third-order valence-corrected chi connectivity index (χ3v) is 5.12. The molecule has 3 rings (SSSR count). The minimum absolute atomic E-state index is 0.242. The molecule has 3 atom stereocenters. The van der Waals surface area contributed by atoms with Crippen molar-refractivity contribution in [3.05, 3.63) is 18.0 Å². The number of likely N-dealkylation sites (tertiary alicyclic amines) is 1. The summed E-state index contributed by atoms with van der Waals surface area (Å²) in [6.45, 7) is 11.8. The van der Waals surface area contributed by atoms with Gasteiger partial charge in [0.2, 0.25) is 0 Å². The topological polar surface area (TPSA) is 59.4 Å².